The lowest BCUT2D eigenvalue weighted by atomic mass is 10.2. The van der Waals surface area contributed by atoms with Gasteiger partial charge < -0.3 is 5.32 Å². The molecule has 0 aliphatic carbocycles. The Balaban J connectivity index is 2.34. The van der Waals surface area contributed by atoms with Crippen LogP contribution in [0.2, 0.25) is 15.6 Å². The summed E-state index contributed by atoms with van der Waals surface area (Å²) in [5.74, 6) is 0.252. The number of rotatable bonds is 2. The first kappa shape index (κ1) is 12.4. The number of hydrogen-bond donors (Lipinski definition) is 1. The highest BCUT2D eigenvalue weighted by molar-refractivity contribution is 6.33. The van der Waals surface area contributed by atoms with Crippen LogP contribution in [0.1, 0.15) is 5.56 Å². The van der Waals surface area contributed by atoms with E-state index in [0.29, 0.717) is 10.7 Å². The summed E-state index contributed by atoms with van der Waals surface area (Å²) >= 11 is 17.4. The molecule has 0 radical (unpaired) electrons. The number of halogens is 3. The Labute approximate surface area is 113 Å². The second-order valence-electron chi connectivity index (χ2n) is 3.31. The van der Waals surface area contributed by atoms with E-state index in [2.05, 4.69) is 20.3 Å². The molecule has 7 heteroatoms. The van der Waals surface area contributed by atoms with Crippen molar-refractivity contribution in [1.82, 2.24) is 15.0 Å². The zero-order chi connectivity index (χ0) is 12.4. The summed E-state index contributed by atoms with van der Waals surface area (Å²) < 4.78 is 0. The average molecular weight is 290 g/mol. The molecule has 1 aromatic heterocycles. The predicted molar refractivity (Wildman–Crippen MR) is 69.3 cm³/mol. The number of aryl methyl sites for hydroxylation is 1. The van der Waals surface area contributed by atoms with Gasteiger partial charge >= 0.3 is 0 Å². The molecule has 2 aromatic rings. The summed E-state index contributed by atoms with van der Waals surface area (Å²) in [6, 6.07) is 5.55. The molecular weight excluding hydrogens is 282 g/mol. The summed E-state index contributed by atoms with van der Waals surface area (Å²) in [4.78, 5) is 11.4. The van der Waals surface area contributed by atoms with Crippen molar-refractivity contribution in [2.45, 2.75) is 6.92 Å². The molecule has 0 saturated heterocycles. The molecule has 0 unspecified atom stereocenters. The van der Waals surface area contributed by atoms with Crippen LogP contribution in [-0.4, -0.2) is 15.0 Å². The summed E-state index contributed by atoms with van der Waals surface area (Å²) in [6.45, 7) is 1.95. The maximum absolute atomic E-state index is 6.03. The third-order valence-corrected chi connectivity index (χ3v) is 2.62. The highest BCUT2D eigenvalue weighted by Gasteiger charge is 2.06. The second kappa shape index (κ2) is 5.04. The standard InChI is InChI=1S/C10H7Cl3N4/c1-5-2-3-6(11)7(4-5)14-10-16-8(12)15-9(13)17-10/h2-4H,1H3,(H,14,15,16,17). The highest BCUT2D eigenvalue weighted by atomic mass is 35.5. The van der Waals surface area contributed by atoms with Crippen molar-refractivity contribution in [2.75, 3.05) is 5.32 Å². The van der Waals surface area contributed by atoms with E-state index in [9.17, 15) is 0 Å². The largest absolute Gasteiger partial charge is 0.323 e. The number of anilines is 2. The van der Waals surface area contributed by atoms with Crippen molar-refractivity contribution in [3.05, 3.63) is 39.4 Å². The topological polar surface area (TPSA) is 50.7 Å². The molecule has 1 aromatic carbocycles. The SMILES string of the molecule is Cc1ccc(Cl)c(Nc2nc(Cl)nc(Cl)n2)c1. The molecule has 0 aliphatic heterocycles. The minimum atomic E-state index is 0.0243. The molecule has 0 fully saturated rings. The molecule has 2 rings (SSSR count). The van der Waals surface area contributed by atoms with Gasteiger partial charge in [-0.05, 0) is 47.8 Å². The Morgan fingerprint density at radius 2 is 1.65 bits per heavy atom. The van der Waals surface area contributed by atoms with E-state index < -0.39 is 0 Å². The monoisotopic (exact) mass is 288 g/mol. The molecule has 0 bridgehead atoms. The lowest BCUT2D eigenvalue weighted by Crippen LogP contribution is -2.00. The van der Waals surface area contributed by atoms with E-state index in [1.54, 1.807) is 6.07 Å². The Bertz CT molecular complexity index is 539. The van der Waals surface area contributed by atoms with Gasteiger partial charge in [0, 0.05) is 0 Å². The summed E-state index contributed by atoms with van der Waals surface area (Å²) in [6.07, 6.45) is 0. The van der Waals surface area contributed by atoms with Gasteiger partial charge in [0.05, 0.1) is 10.7 Å². The fourth-order valence-corrected chi connectivity index (χ4v) is 1.77. The molecule has 0 saturated carbocycles. The molecule has 1 heterocycles. The van der Waals surface area contributed by atoms with E-state index in [1.165, 1.54) is 0 Å². The average Bonchev–Trinajstić information content (AvgIpc) is 2.22. The molecule has 0 aliphatic rings. The van der Waals surface area contributed by atoms with Crippen LogP contribution in [0.25, 0.3) is 0 Å². The van der Waals surface area contributed by atoms with E-state index in [0.717, 1.165) is 5.56 Å². The summed E-state index contributed by atoms with van der Waals surface area (Å²) in [5.41, 5.74) is 1.74. The minimum Gasteiger partial charge on any atom is -0.323 e. The van der Waals surface area contributed by atoms with E-state index in [4.69, 9.17) is 34.8 Å². The molecule has 0 amide bonds. The number of nitrogens with zero attached hydrogens (tertiary/aromatic N) is 3. The normalized spacial score (nSPS) is 10.4. The third kappa shape index (κ3) is 3.19. The van der Waals surface area contributed by atoms with Crippen LogP contribution in [0.5, 0.6) is 0 Å². The lowest BCUT2D eigenvalue weighted by molar-refractivity contribution is 1.05. The molecule has 88 valence electrons. The van der Waals surface area contributed by atoms with E-state index in [-0.39, 0.29) is 16.5 Å². The first-order valence-corrected chi connectivity index (χ1v) is 5.78. The number of hydrogen-bond acceptors (Lipinski definition) is 4. The van der Waals surface area contributed by atoms with Crippen LogP contribution in [-0.2, 0) is 0 Å². The van der Waals surface area contributed by atoms with Crippen LogP contribution in [0.3, 0.4) is 0 Å². The molecule has 1 N–H and O–H groups in total. The first-order chi connectivity index (χ1) is 8.04. The van der Waals surface area contributed by atoms with Crippen molar-refractivity contribution in [3.8, 4) is 0 Å². The Hall–Kier alpha value is -1.10. The Kier molecular flexibility index (Phi) is 3.66. The highest BCUT2D eigenvalue weighted by Crippen LogP contribution is 2.25. The molecule has 4 nitrogen and oxygen atoms in total. The molecule has 0 atom stereocenters. The van der Waals surface area contributed by atoms with Crippen molar-refractivity contribution in [3.63, 3.8) is 0 Å². The summed E-state index contributed by atoms with van der Waals surface area (Å²) in [5, 5.41) is 3.54. The minimum absolute atomic E-state index is 0.0243. The quantitative estimate of drug-likeness (QED) is 0.911. The number of nitrogens with one attached hydrogen (secondary N) is 1. The zero-order valence-electron chi connectivity index (χ0n) is 8.71. The predicted octanol–water partition coefficient (Wildman–Crippen LogP) is 3.88. The van der Waals surface area contributed by atoms with Gasteiger partial charge in [0.1, 0.15) is 0 Å². The molecular formula is C10H7Cl3N4. The molecule has 0 spiro atoms. The molecule has 17 heavy (non-hydrogen) atoms. The van der Waals surface area contributed by atoms with Crippen LogP contribution < -0.4 is 5.32 Å². The first-order valence-electron chi connectivity index (χ1n) is 4.65. The van der Waals surface area contributed by atoms with Crippen molar-refractivity contribution in [1.29, 1.82) is 0 Å². The zero-order valence-corrected chi connectivity index (χ0v) is 11.0. The van der Waals surface area contributed by atoms with Gasteiger partial charge in [-0.15, -0.1) is 0 Å². The van der Waals surface area contributed by atoms with Crippen molar-refractivity contribution >= 4 is 46.4 Å². The van der Waals surface area contributed by atoms with Crippen LogP contribution in [0.15, 0.2) is 18.2 Å². The van der Waals surface area contributed by atoms with Crippen LogP contribution >= 0.6 is 34.8 Å². The number of benzene rings is 1. The van der Waals surface area contributed by atoms with Gasteiger partial charge in [-0.25, -0.2) is 0 Å². The van der Waals surface area contributed by atoms with E-state index in [1.807, 2.05) is 19.1 Å². The van der Waals surface area contributed by atoms with Gasteiger partial charge in [0.2, 0.25) is 16.5 Å². The Morgan fingerprint density at radius 1 is 1.00 bits per heavy atom. The number of aromatic nitrogens is 3. The second-order valence-corrected chi connectivity index (χ2v) is 4.39. The van der Waals surface area contributed by atoms with Gasteiger partial charge in [0.15, 0.2) is 0 Å². The lowest BCUT2D eigenvalue weighted by Gasteiger charge is -2.07. The fourth-order valence-electron chi connectivity index (χ4n) is 1.24. The summed E-state index contributed by atoms with van der Waals surface area (Å²) in [7, 11) is 0. The van der Waals surface area contributed by atoms with Crippen molar-refractivity contribution < 1.29 is 0 Å². The van der Waals surface area contributed by atoms with Gasteiger partial charge in [0.25, 0.3) is 0 Å². The smallest absolute Gasteiger partial charge is 0.232 e. The van der Waals surface area contributed by atoms with Crippen LogP contribution in [0, 0.1) is 6.92 Å². The van der Waals surface area contributed by atoms with E-state index >= 15 is 0 Å². The van der Waals surface area contributed by atoms with Crippen molar-refractivity contribution in [2.24, 2.45) is 0 Å². The fraction of sp³-hybridized carbons (Fsp3) is 0.100. The van der Waals surface area contributed by atoms with Crippen LogP contribution in [0.4, 0.5) is 11.6 Å². The Morgan fingerprint density at radius 3 is 2.29 bits per heavy atom. The third-order valence-electron chi connectivity index (χ3n) is 1.95. The maximum Gasteiger partial charge on any atom is 0.232 e. The van der Waals surface area contributed by atoms with Gasteiger partial charge in [-0.3, -0.25) is 0 Å². The van der Waals surface area contributed by atoms with Gasteiger partial charge in [-0.1, -0.05) is 17.7 Å². The maximum atomic E-state index is 6.03. The van der Waals surface area contributed by atoms with Gasteiger partial charge in [-0.2, -0.15) is 15.0 Å².